The molecule has 0 aliphatic rings. The Hall–Kier alpha value is 0.129. The van der Waals surface area contributed by atoms with Crippen molar-refractivity contribution < 1.29 is 42.6 Å². The fourth-order valence-corrected chi connectivity index (χ4v) is 14.9. The van der Waals surface area contributed by atoms with E-state index in [0.29, 0.717) is 0 Å². The summed E-state index contributed by atoms with van der Waals surface area (Å²) in [6.07, 6.45) is -17.4. The molecule has 0 unspecified atom stereocenters. The van der Waals surface area contributed by atoms with Crippen LogP contribution in [-0.2, 0) is 3.07 Å². The summed E-state index contributed by atoms with van der Waals surface area (Å²) in [5.41, 5.74) is 0. The van der Waals surface area contributed by atoms with Crippen LogP contribution in [0.5, 0.6) is 0 Å². The summed E-state index contributed by atoms with van der Waals surface area (Å²) in [6, 6.07) is 0. The van der Waals surface area contributed by atoms with Gasteiger partial charge in [-0.1, -0.05) is 0 Å². The van der Waals surface area contributed by atoms with Gasteiger partial charge in [-0.2, -0.15) is 0 Å². The van der Waals surface area contributed by atoms with Crippen LogP contribution in [0.2, 0.25) is 13.3 Å². The molecule has 0 aromatic carbocycles. The molecule has 25 heavy (non-hydrogen) atoms. The maximum atomic E-state index is 12.3. The Morgan fingerprint density at radius 2 is 0.880 bits per heavy atom. The summed E-state index contributed by atoms with van der Waals surface area (Å²) >= 11 is -3.97. The topological polar surface area (TPSA) is 9.23 Å². The third kappa shape index (κ3) is 14.9. The first kappa shape index (κ1) is 25.1. The summed E-state index contributed by atoms with van der Waals surface area (Å²) in [5.74, 6) is 0. The van der Waals surface area contributed by atoms with Gasteiger partial charge in [-0.3, -0.25) is 0 Å². The predicted octanol–water partition coefficient (Wildman–Crippen LogP) is 7.00. The average molecular weight is 497 g/mol. The van der Waals surface area contributed by atoms with Crippen LogP contribution < -0.4 is 0 Å². The van der Waals surface area contributed by atoms with Crippen LogP contribution in [0.3, 0.4) is 0 Å². The second-order valence-electron chi connectivity index (χ2n) is 6.02. The number of rotatable bonds is 11. The zero-order chi connectivity index (χ0) is 19.8. The van der Waals surface area contributed by atoms with Gasteiger partial charge in [-0.25, -0.2) is 0 Å². The van der Waals surface area contributed by atoms with E-state index in [9.17, 15) is 39.5 Å². The van der Waals surface area contributed by atoms with Crippen LogP contribution >= 0.6 is 0 Å². The molecule has 152 valence electrons. The van der Waals surface area contributed by atoms with E-state index in [-0.39, 0.29) is 39.2 Å². The summed E-state index contributed by atoms with van der Waals surface area (Å²) in [6.45, 7) is 1.66. The summed E-state index contributed by atoms with van der Waals surface area (Å²) in [5, 5.41) is 0. The molecule has 0 heterocycles. The van der Waals surface area contributed by atoms with E-state index in [1.165, 1.54) is 0 Å². The number of hydrogen-bond donors (Lipinski definition) is 0. The van der Waals surface area contributed by atoms with Crippen molar-refractivity contribution in [2.75, 3.05) is 6.61 Å². The number of hydrogen-bond acceptors (Lipinski definition) is 1. The Morgan fingerprint density at radius 1 is 0.600 bits per heavy atom. The van der Waals surface area contributed by atoms with E-state index < -0.39 is 56.6 Å². The molecule has 0 bridgehead atoms. The molecule has 0 radical (unpaired) electrons. The molecule has 0 amide bonds. The van der Waals surface area contributed by atoms with E-state index in [1.54, 1.807) is 6.92 Å². The molecule has 0 aliphatic carbocycles. The second-order valence-corrected chi connectivity index (χ2v) is 17.9. The van der Waals surface area contributed by atoms with Crippen molar-refractivity contribution in [3.8, 4) is 0 Å². The van der Waals surface area contributed by atoms with Gasteiger partial charge in [-0.05, 0) is 0 Å². The van der Waals surface area contributed by atoms with Crippen molar-refractivity contribution >= 4 is 18.8 Å². The van der Waals surface area contributed by atoms with Crippen LogP contribution in [0.4, 0.5) is 39.5 Å². The first-order chi connectivity index (χ1) is 11.2. The average Bonchev–Trinajstić information content (AvgIpc) is 2.34. The minimum atomic E-state index is -4.40. The molecule has 0 N–H and O–H groups in total. The van der Waals surface area contributed by atoms with Crippen molar-refractivity contribution in [1.29, 1.82) is 0 Å². The van der Waals surface area contributed by atoms with Gasteiger partial charge in [0.05, 0.1) is 0 Å². The molecule has 0 spiro atoms. The fourth-order valence-electron chi connectivity index (χ4n) is 2.73. The van der Waals surface area contributed by atoms with Crippen LogP contribution in [-0.4, -0.2) is 43.9 Å². The predicted molar refractivity (Wildman–Crippen MR) is 77.7 cm³/mol. The van der Waals surface area contributed by atoms with E-state index in [1.807, 2.05) is 0 Å². The first-order valence-corrected chi connectivity index (χ1v) is 15.2. The summed E-state index contributed by atoms with van der Waals surface area (Å²) in [7, 11) is 0. The van der Waals surface area contributed by atoms with Crippen molar-refractivity contribution in [3.05, 3.63) is 0 Å². The normalized spacial score (nSPS) is 14.2. The van der Waals surface area contributed by atoms with Gasteiger partial charge in [-0.15, -0.1) is 0 Å². The molecule has 0 aliphatic heterocycles. The van der Waals surface area contributed by atoms with Crippen LogP contribution in [0.1, 0.15) is 45.4 Å². The Kier molecular flexibility index (Phi) is 10.5. The summed E-state index contributed by atoms with van der Waals surface area (Å²) in [4.78, 5) is 0. The molecular weight excluding hydrogens is 474 g/mol. The molecule has 0 saturated heterocycles. The van der Waals surface area contributed by atoms with Crippen molar-refractivity contribution in [2.24, 2.45) is 0 Å². The molecule has 0 fully saturated rings. The molecule has 0 rings (SSSR count). The van der Waals surface area contributed by atoms with Gasteiger partial charge in [0.15, 0.2) is 0 Å². The standard InChI is InChI=1S/3C4H6F3.C2H5O.Sn/c3*1-2-3-4(5,6)7;1-2-3;/h3*1-3H2;2H2,1H3;/q;;;-1;+1. The van der Waals surface area contributed by atoms with Gasteiger partial charge in [0.2, 0.25) is 0 Å². The third-order valence-corrected chi connectivity index (χ3v) is 17.1. The van der Waals surface area contributed by atoms with E-state index in [0.717, 1.165) is 0 Å². The van der Waals surface area contributed by atoms with E-state index >= 15 is 0 Å². The molecule has 0 aromatic rings. The van der Waals surface area contributed by atoms with Crippen molar-refractivity contribution in [1.82, 2.24) is 0 Å². The zero-order valence-corrected chi connectivity index (χ0v) is 16.7. The molecule has 0 saturated carbocycles. The van der Waals surface area contributed by atoms with Crippen LogP contribution in [0.15, 0.2) is 0 Å². The Bertz CT molecular complexity index is 312. The summed E-state index contributed by atoms with van der Waals surface area (Å²) < 4.78 is 116. The van der Waals surface area contributed by atoms with E-state index in [2.05, 4.69) is 0 Å². The Labute approximate surface area is 145 Å². The number of alkyl halides is 9. The quantitative estimate of drug-likeness (QED) is 0.221. The molecule has 0 aromatic heterocycles. The zero-order valence-electron chi connectivity index (χ0n) is 13.9. The van der Waals surface area contributed by atoms with Gasteiger partial charge in [0, 0.05) is 0 Å². The molecule has 11 heteroatoms. The van der Waals surface area contributed by atoms with Crippen molar-refractivity contribution in [2.45, 2.75) is 77.3 Å². The second kappa shape index (κ2) is 10.5. The van der Waals surface area contributed by atoms with Gasteiger partial charge in [0.25, 0.3) is 0 Å². The molecule has 0 atom stereocenters. The monoisotopic (exact) mass is 498 g/mol. The van der Waals surface area contributed by atoms with Gasteiger partial charge < -0.3 is 0 Å². The molecular formula is C14H23F9OSn. The molecule has 1 nitrogen and oxygen atoms in total. The van der Waals surface area contributed by atoms with Crippen molar-refractivity contribution in [3.63, 3.8) is 0 Å². The van der Waals surface area contributed by atoms with Crippen LogP contribution in [0.25, 0.3) is 0 Å². The minimum absolute atomic E-state index is 0.0161. The van der Waals surface area contributed by atoms with Crippen LogP contribution in [0, 0.1) is 0 Å². The maximum absolute atomic E-state index is 12.3. The third-order valence-electron chi connectivity index (χ3n) is 3.73. The fraction of sp³-hybridized carbons (Fsp3) is 1.00. The SMILES string of the molecule is CC[O][Sn]([CH2]CCC(F)(F)F)([CH2]CCC(F)(F)F)[CH2]CCC(F)(F)F. The van der Waals surface area contributed by atoms with Gasteiger partial charge >= 0.3 is 145 Å². The first-order valence-electron chi connectivity index (χ1n) is 8.02. The van der Waals surface area contributed by atoms with Gasteiger partial charge in [0.1, 0.15) is 0 Å². The Balaban J connectivity index is 4.90. The number of halogens is 9. The van der Waals surface area contributed by atoms with E-state index in [4.69, 9.17) is 3.07 Å². The Morgan fingerprint density at radius 3 is 1.08 bits per heavy atom.